The first-order valence-electron chi connectivity index (χ1n) is 4.44. The summed E-state index contributed by atoms with van der Waals surface area (Å²) in [5.41, 5.74) is 0. The van der Waals surface area contributed by atoms with E-state index in [1.54, 1.807) is 0 Å². The van der Waals surface area contributed by atoms with Crippen LogP contribution < -0.4 is 0 Å². The van der Waals surface area contributed by atoms with Crippen molar-refractivity contribution >= 4 is 5.87 Å². The van der Waals surface area contributed by atoms with Gasteiger partial charge in [0.05, 0.1) is 6.04 Å². The fourth-order valence-corrected chi connectivity index (χ4v) is 1.04. The van der Waals surface area contributed by atoms with Crippen LogP contribution in [0.2, 0.25) is 0 Å². The summed E-state index contributed by atoms with van der Waals surface area (Å²) in [6.07, 6.45) is 3.84. The monoisotopic (exact) mass is 153 g/mol. The topological polar surface area (TPSA) is 12.4 Å². The van der Waals surface area contributed by atoms with E-state index in [0.29, 0.717) is 12.0 Å². The van der Waals surface area contributed by atoms with Crippen molar-refractivity contribution in [3.05, 3.63) is 6.58 Å². The Balaban J connectivity index is 3.62. The van der Waals surface area contributed by atoms with Crippen LogP contribution >= 0.6 is 0 Å². The zero-order valence-electron chi connectivity index (χ0n) is 7.93. The molecule has 2 atom stereocenters. The summed E-state index contributed by atoms with van der Waals surface area (Å²) in [6.45, 7) is 10.0. The zero-order chi connectivity index (χ0) is 8.69. The van der Waals surface area contributed by atoms with Crippen molar-refractivity contribution in [3.8, 4) is 0 Å². The van der Waals surface area contributed by atoms with Gasteiger partial charge in [0.1, 0.15) is 0 Å². The summed E-state index contributed by atoms with van der Waals surface area (Å²) < 4.78 is 0. The molecule has 0 N–H and O–H groups in total. The van der Waals surface area contributed by atoms with Crippen molar-refractivity contribution in [2.45, 2.75) is 46.1 Å². The van der Waals surface area contributed by atoms with Gasteiger partial charge in [-0.15, -0.1) is 0 Å². The highest BCUT2D eigenvalue weighted by atomic mass is 14.7. The highest BCUT2D eigenvalue weighted by Gasteiger charge is 2.08. The number of hydrogen-bond donors (Lipinski definition) is 0. The van der Waals surface area contributed by atoms with Gasteiger partial charge in [0.15, 0.2) is 0 Å². The first kappa shape index (κ1) is 10.4. The maximum atomic E-state index is 4.12. The van der Waals surface area contributed by atoms with Gasteiger partial charge in [0.25, 0.3) is 0 Å². The summed E-state index contributed by atoms with van der Waals surface area (Å²) in [7, 11) is 0. The van der Waals surface area contributed by atoms with E-state index in [0.717, 1.165) is 0 Å². The Morgan fingerprint density at radius 2 is 2.09 bits per heavy atom. The van der Waals surface area contributed by atoms with Crippen LogP contribution in [0, 0.1) is 5.92 Å². The molecule has 0 aromatic carbocycles. The molecule has 11 heavy (non-hydrogen) atoms. The van der Waals surface area contributed by atoms with Gasteiger partial charge in [-0.3, -0.25) is 0 Å². The summed E-state index contributed by atoms with van der Waals surface area (Å²) in [4.78, 5) is 4.12. The van der Waals surface area contributed by atoms with Crippen molar-refractivity contribution in [3.63, 3.8) is 0 Å². The van der Waals surface area contributed by atoms with E-state index in [1.807, 2.05) is 0 Å². The number of aliphatic imine (C=N–C) groups is 1. The maximum absolute atomic E-state index is 4.12. The minimum absolute atomic E-state index is 0.388. The van der Waals surface area contributed by atoms with Crippen molar-refractivity contribution in [1.82, 2.24) is 0 Å². The van der Waals surface area contributed by atoms with E-state index < -0.39 is 0 Å². The molecule has 0 rings (SSSR count). The Morgan fingerprint density at radius 1 is 1.45 bits per heavy atom. The lowest BCUT2D eigenvalue weighted by Gasteiger charge is -2.13. The van der Waals surface area contributed by atoms with E-state index in [9.17, 15) is 0 Å². The minimum Gasteiger partial charge on any atom is -0.240 e. The number of rotatable bonds is 5. The van der Waals surface area contributed by atoms with E-state index in [2.05, 4.69) is 38.2 Å². The average molecular weight is 153 g/mol. The van der Waals surface area contributed by atoms with Crippen LogP contribution in [0.1, 0.15) is 40.0 Å². The lowest BCUT2D eigenvalue weighted by molar-refractivity contribution is 0.438. The van der Waals surface area contributed by atoms with E-state index >= 15 is 0 Å². The van der Waals surface area contributed by atoms with Crippen LogP contribution in [0.3, 0.4) is 0 Å². The largest absolute Gasteiger partial charge is 0.240 e. The molecule has 1 heteroatoms. The molecular formula is C10H19N. The van der Waals surface area contributed by atoms with E-state index in [4.69, 9.17) is 0 Å². The van der Waals surface area contributed by atoms with Crippen LogP contribution in [-0.4, -0.2) is 11.9 Å². The predicted molar refractivity (Wildman–Crippen MR) is 51.2 cm³/mol. The predicted octanol–water partition coefficient (Wildman–Crippen LogP) is 3.06. The summed E-state index contributed by atoms with van der Waals surface area (Å²) in [5, 5.41) is 0. The molecule has 0 saturated carbocycles. The Bertz CT molecular complexity index is 134. The van der Waals surface area contributed by atoms with Gasteiger partial charge < -0.3 is 0 Å². The standard InChI is InChI=1S/C10H19N/c1-5-7-8-9(3)10(4)11-6-2/h9-10H,2,5,7-8H2,1,3-4H3. The van der Waals surface area contributed by atoms with Crippen molar-refractivity contribution in [2.24, 2.45) is 10.9 Å². The first-order valence-corrected chi connectivity index (χ1v) is 4.44. The lowest BCUT2D eigenvalue weighted by Crippen LogP contribution is -2.10. The number of nitrogens with zero attached hydrogens (tertiary/aromatic N) is 1. The van der Waals surface area contributed by atoms with Crippen LogP contribution in [0.15, 0.2) is 11.6 Å². The molecule has 0 saturated heterocycles. The smallest absolute Gasteiger partial charge is 0.0591 e. The molecule has 64 valence electrons. The molecule has 2 unspecified atom stereocenters. The molecule has 0 heterocycles. The second-order valence-electron chi connectivity index (χ2n) is 3.15. The highest BCUT2D eigenvalue weighted by Crippen LogP contribution is 2.13. The third-order valence-electron chi connectivity index (χ3n) is 2.13. The van der Waals surface area contributed by atoms with Gasteiger partial charge in [-0.2, -0.15) is 0 Å². The Hall–Kier alpha value is -0.550. The van der Waals surface area contributed by atoms with Crippen LogP contribution in [0.4, 0.5) is 0 Å². The van der Waals surface area contributed by atoms with Crippen molar-refractivity contribution < 1.29 is 0 Å². The fourth-order valence-electron chi connectivity index (χ4n) is 1.04. The molecule has 0 bridgehead atoms. The van der Waals surface area contributed by atoms with Crippen LogP contribution in [0.5, 0.6) is 0 Å². The molecule has 0 aliphatic carbocycles. The number of hydrogen-bond acceptors (Lipinski definition) is 1. The number of unbranched alkanes of at least 4 members (excludes halogenated alkanes) is 1. The molecule has 0 aromatic rings. The SMILES string of the molecule is C=C=NC(C)C(C)CCCC. The molecule has 1 nitrogen and oxygen atoms in total. The van der Waals surface area contributed by atoms with Crippen molar-refractivity contribution in [1.29, 1.82) is 0 Å². The highest BCUT2D eigenvalue weighted by molar-refractivity contribution is 5.46. The summed E-state index contributed by atoms with van der Waals surface area (Å²) >= 11 is 0. The van der Waals surface area contributed by atoms with Gasteiger partial charge >= 0.3 is 0 Å². The average Bonchev–Trinajstić information content (AvgIpc) is 2.00. The molecule has 0 aliphatic heterocycles. The summed E-state index contributed by atoms with van der Waals surface area (Å²) in [5.74, 6) is 3.27. The molecule has 0 amide bonds. The van der Waals surface area contributed by atoms with Gasteiger partial charge in [-0.05, 0) is 31.7 Å². The molecule has 0 spiro atoms. The third kappa shape index (κ3) is 4.80. The molecule has 0 fully saturated rings. The quantitative estimate of drug-likeness (QED) is 0.538. The maximum Gasteiger partial charge on any atom is 0.0591 e. The second-order valence-corrected chi connectivity index (χ2v) is 3.15. The normalized spacial score (nSPS) is 15.2. The molecule has 0 radical (unpaired) electrons. The Kier molecular flexibility index (Phi) is 5.87. The van der Waals surface area contributed by atoms with Gasteiger partial charge in [-0.1, -0.05) is 26.7 Å². The molecule has 0 aliphatic rings. The molecular weight excluding hydrogens is 134 g/mol. The van der Waals surface area contributed by atoms with Crippen LogP contribution in [-0.2, 0) is 0 Å². The second kappa shape index (κ2) is 6.18. The molecule has 0 aromatic heterocycles. The van der Waals surface area contributed by atoms with E-state index in [1.165, 1.54) is 19.3 Å². The first-order chi connectivity index (χ1) is 5.22. The fraction of sp³-hybridized carbons (Fsp3) is 0.800. The zero-order valence-corrected chi connectivity index (χ0v) is 7.93. The lowest BCUT2D eigenvalue weighted by atomic mass is 9.98. The van der Waals surface area contributed by atoms with Gasteiger partial charge in [-0.25, -0.2) is 4.99 Å². The van der Waals surface area contributed by atoms with Gasteiger partial charge in [0, 0.05) is 0 Å². The Labute approximate surface area is 70.2 Å². The van der Waals surface area contributed by atoms with Gasteiger partial charge in [0.2, 0.25) is 0 Å². The summed E-state index contributed by atoms with van der Waals surface area (Å²) in [6, 6.07) is 0.388. The minimum atomic E-state index is 0.388. The Morgan fingerprint density at radius 3 is 2.55 bits per heavy atom. The van der Waals surface area contributed by atoms with Crippen molar-refractivity contribution in [2.75, 3.05) is 0 Å². The van der Waals surface area contributed by atoms with E-state index in [-0.39, 0.29) is 0 Å². The third-order valence-corrected chi connectivity index (χ3v) is 2.13. The van der Waals surface area contributed by atoms with Crippen LogP contribution in [0.25, 0.3) is 0 Å².